The first-order valence-electron chi connectivity index (χ1n) is 14.1. The van der Waals surface area contributed by atoms with Gasteiger partial charge in [0.25, 0.3) is 5.56 Å². The Morgan fingerprint density at radius 3 is 2.27 bits per heavy atom. The number of aromatic nitrogens is 2. The van der Waals surface area contributed by atoms with Gasteiger partial charge in [-0.3, -0.25) is 18.8 Å². The topological polar surface area (TPSA) is 127 Å². The SMILES string of the molecule is Cc1c(N2CCN(Cc3ccc(C(=O)O)o3)CC2)c(=O)n(C[C@H](N)c2ccccc2)c(=O)n1Cc1c(F)cccc1C(F)(F)F. The summed E-state index contributed by atoms with van der Waals surface area (Å²) in [6.45, 7) is 2.22. The fourth-order valence-corrected chi connectivity index (χ4v) is 5.57. The van der Waals surface area contributed by atoms with Gasteiger partial charge in [-0.1, -0.05) is 36.4 Å². The van der Waals surface area contributed by atoms with Crippen LogP contribution in [0.1, 0.15) is 44.7 Å². The van der Waals surface area contributed by atoms with Crippen LogP contribution in [0, 0.1) is 12.7 Å². The second-order valence-electron chi connectivity index (χ2n) is 10.8. The molecule has 0 bridgehead atoms. The van der Waals surface area contributed by atoms with Crippen molar-refractivity contribution in [3.8, 4) is 0 Å². The van der Waals surface area contributed by atoms with E-state index in [2.05, 4.69) is 0 Å². The van der Waals surface area contributed by atoms with Gasteiger partial charge >= 0.3 is 17.8 Å². The molecule has 0 radical (unpaired) electrons. The van der Waals surface area contributed by atoms with E-state index in [-0.39, 0.29) is 23.7 Å². The monoisotopic (exact) mass is 629 g/mol. The highest BCUT2D eigenvalue weighted by molar-refractivity contribution is 5.84. The number of carboxylic acids is 1. The summed E-state index contributed by atoms with van der Waals surface area (Å²) in [6, 6.07) is 13.5. The Labute approximate surface area is 254 Å². The molecular formula is C31H31F4N5O5. The summed E-state index contributed by atoms with van der Waals surface area (Å²) in [5.74, 6) is -2.04. The van der Waals surface area contributed by atoms with Gasteiger partial charge < -0.3 is 20.2 Å². The fraction of sp³-hybridized carbons (Fsp3) is 0.323. The molecule has 0 unspecified atom stereocenters. The second-order valence-corrected chi connectivity index (χ2v) is 10.8. The third kappa shape index (κ3) is 6.71. The van der Waals surface area contributed by atoms with Crippen LogP contribution in [-0.4, -0.2) is 51.3 Å². The normalized spacial score (nSPS) is 14.9. The lowest BCUT2D eigenvalue weighted by atomic mass is 10.1. The fourth-order valence-electron chi connectivity index (χ4n) is 5.57. The van der Waals surface area contributed by atoms with E-state index in [0.717, 1.165) is 27.3 Å². The van der Waals surface area contributed by atoms with Crippen LogP contribution in [0.5, 0.6) is 0 Å². The van der Waals surface area contributed by atoms with Crippen LogP contribution < -0.4 is 21.9 Å². The van der Waals surface area contributed by atoms with Crippen LogP contribution in [0.2, 0.25) is 0 Å². The molecule has 4 aromatic rings. The van der Waals surface area contributed by atoms with E-state index in [1.807, 2.05) is 4.90 Å². The Bertz CT molecular complexity index is 1810. The summed E-state index contributed by atoms with van der Waals surface area (Å²) < 4.78 is 63.7. The summed E-state index contributed by atoms with van der Waals surface area (Å²) in [5, 5.41) is 9.11. The zero-order valence-electron chi connectivity index (χ0n) is 24.3. The molecule has 5 rings (SSSR count). The number of aromatic carboxylic acids is 1. The van der Waals surface area contributed by atoms with Crippen molar-refractivity contribution < 1.29 is 31.9 Å². The second kappa shape index (κ2) is 12.7. The number of alkyl halides is 3. The van der Waals surface area contributed by atoms with Crippen LogP contribution in [0.15, 0.2) is 74.7 Å². The van der Waals surface area contributed by atoms with Crippen LogP contribution in [0.25, 0.3) is 0 Å². The summed E-state index contributed by atoms with van der Waals surface area (Å²) in [7, 11) is 0. The Morgan fingerprint density at radius 1 is 0.956 bits per heavy atom. The van der Waals surface area contributed by atoms with E-state index in [4.69, 9.17) is 15.3 Å². The molecule has 3 N–H and O–H groups in total. The number of rotatable bonds is 9. The number of carbonyl (C=O) groups is 1. The average molecular weight is 630 g/mol. The number of nitrogens with two attached hydrogens (primary N) is 1. The molecule has 1 fully saturated rings. The highest BCUT2D eigenvalue weighted by atomic mass is 19.4. The van der Waals surface area contributed by atoms with Gasteiger partial charge in [-0.25, -0.2) is 14.0 Å². The van der Waals surface area contributed by atoms with E-state index in [0.29, 0.717) is 44.0 Å². The third-order valence-corrected chi connectivity index (χ3v) is 7.94. The van der Waals surface area contributed by atoms with Crippen molar-refractivity contribution in [2.45, 2.75) is 38.8 Å². The number of nitrogens with zero attached hydrogens (tertiary/aromatic N) is 4. The minimum atomic E-state index is -4.88. The molecule has 0 spiro atoms. The van der Waals surface area contributed by atoms with Crippen molar-refractivity contribution >= 4 is 11.7 Å². The number of piperazine rings is 1. The lowest BCUT2D eigenvalue weighted by Crippen LogP contribution is -2.51. The molecule has 0 saturated carbocycles. The molecule has 1 saturated heterocycles. The van der Waals surface area contributed by atoms with Crippen molar-refractivity contribution in [3.63, 3.8) is 0 Å². The average Bonchev–Trinajstić information content (AvgIpc) is 3.48. The van der Waals surface area contributed by atoms with Crippen molar-refractivity contribution in [2.24, 2.45) is 5.73 Å². The molecule has 238 valence electrons. The molecule has 1 aliphatic heterocycles. The van der Waals surface area contributed by atoms with E-state index >= 15 is 0 Å². The highest BCUT2D eigenvalue weighted by Gasteiger charge is 2.35. The maximum Gasteiger partial charge on any atom is 0.416 e. The first kappa shape index (κ1) is 31.7. The number of anilines is 1. The molecule has 2 aromatic heterocycles. The number of carboxylic acid groups (broad SMARTS) is 1. The van der Waals surface area contributed by atoms with Crippen LogP contribution in [0.3, 0.4) is 0 Å². The molecule has 2 aromatic carbocycles. The minimum Gasteiger partial charge on any atom is -0.475 e. The van der Waals surface area contributed by atoms with Gasteiger partial charge in [-0.15, -0.1) is 0 Å². The largest absolute Gasteiger partial charge is 0.475 e. The minimum absolute atomic E-state index is 0.0940. The number of benzene rings is 2. The molecule has 1 atom stereocenters. The number of hydrogen-bond donors (Lipinski definition) is 2. The van der Waals surface area contributed by atoms with Crippen LogP contribution in [0.4, 0.5) is 23.2 Å². The van der Waals surface area contributed by atoms with E-state index in [1.165, 1.54) is 13.0 Å². The lowest BCUT2D eigenvalue weighted by Gasteiger charge is -2.36. The Balaban J connectivity index is 1.52. The van der Waals surface area contributed by atoms with Crippen molar-refractivity contribution in [1.29, 1.82) is 0 Å². The quantitative estimate of drug-likeness (QED) is 0.268. The molecule has 14 heteroatoms. The zero-order valence-corrected chi connectivity index (χ0v) is 24.3. The Hall–Kier alpha value is -4.69. The van der Waals surface area contributed by atoms with Gasteiger partial charge in [0, 0.05) is 43.5 Å². The predicted octanol–water partition coefficient (Wildman–Crippen LogP) is 3.84. The van der Waals surface area contributed by atoms with Gasteiger partial charge in [0.1, 0.15) is 17.3 Å². The summed E-state index contributed by atoms with van der Waals surface area (Å²) in [5.41, 5.74) is 3.71. The molecule has 10 nitrogen and oxygen atoms in total. The third-order valence-electron chi connectivity index (χ3n) is 7.94. The molecule has 3 heterocycles. The maximum atomic E-state index is 14.9. The number of hydrogen-bond acceptors (Lipinski definition) is 7. The summed E-state index contributed by atoms with van der Waals surface area (Å²) in [6.07, 6.45) is -4.88. The van der Waals surface area contributed by atoms with Crippen LogP contribution >= 0.6 is 0 Å². The summed E-state index contributed by atoms with van der Waals surface area (Å²) >= 11 is 0. The van der Waals surface area contributed by atoms with Gasteiger partial charge in [-0.2, -0.15) is 13.2 Å². The highest BCUT2D eigenvalue weighted by Crippen LogP contribution is 2.33. The van der Waals surface area contributed by atoms with Gasteiger partial charge in [0.05, 0.1) is 25.2 Å². The molecular weight excluding hydrogens is 598 g/mol. The van der Waals surface area contributed by atoms with Crippen molar-refractivity contribution in [2.75, 3.05) is 31.1 Å². The van der Waals surface area contributed by atoms with Crippen LogP contribution in [-0.2, 0) is 25.8 Å². The predicted molar refractivity (Wildman–Crippen MR) is 157 cm³/mol. The smallest absolute Gasteiger partial charge is 0.416 e. The Morgan fingerprint density at radius 2 is 1.64 bits per heavy atom. The van der Waals surface area contributed by atoms with Gasteiger partial charge in [-0.05, 0) is 36.8 Å². The zero-order chi connectivity index (χ0) is 32.5. The summed E-state index contributed by atoms with van der Waals surface area (Å²) in [4.78, 5) is 42.6. The maximum absolute atomic E-state index is 14.9. The van der Waals surface area contributed by atoms with E-state index < -0.39 is 52.9 Å². The molecule has 1 aliphatic rings. The first-order chi connectivity index (χ1) is 21.3. The van der Waals surface area contributed by atoms with Crippen molar-refractivity contribution in [3.05, 3.63) is 121 Å². The van der Waals surface area contributed by atoms with Crippen molar-refractivity contribution in [1.82, 2.24) is 14.0 Å². The standard InChI is InChI=1S/C31H31F4N5O5/c1-19-27(38-14-12-37(13-15-38)16-21-10-11-26(45-21)29(42)43)28(41)40(18-25(36)20-6-3-2-4-7-20)30(44)39(19)17-22-23(31(33,34)35)8-5-9-24(22)32/h2-11,25H,12-18,36H2,1H3,(H,42,43)/t25-/m0/s1. The first-order valence-corrected chi connectivity index (χ1v) is 14.1. The number of furan rings is 1. The molecule has 45 heavy (non-hydrogen) atoms. The molecule has 0 aliphatic carbocycles. The van der Waals surface area contributed by atoms with E-state index in [9.17, 15) is 31.9 Å². The Kier molecular flexibility index (Phi) is 8.98. The van der Waals surface area contributed by atoms with E-state index in [1.54, 1.807) is 41.3 Å². The van der Waals surface area contributed by atoms with Gasteiger partial charge in [0.2, 0.25) is 5.76 Å². The molecule has 0 amide bonds. The number of halogens is 4. The lowest BCUT2D eigenvalue weighted by molar-refractivity contribution is -0.138. The van der Waals surface area contributed by atoms with Gasteiger partial charge in [0.15, 0.2) is 0 Å².